The van der Waals surface area contributed by atoms with Crippen molar-refractivity contribution in [1.82, 2.24) is 9.80 Å². The normalized spacial score (nSPS) is 13.2. The molecule has 1 N–H and O–H groups in total. The maximum absolute atomic E-state index is 13.0. The molecule has 3 aromatic carbocycles. The zero-order chi connectivity index (χ0) is 23.9. The summed E-state index contributed by atoms with van der Waals surface area (Å²) < 4.78 is 5.84. The number of carbonyl (C=O) groups is 2. The van der Waals surface area contributed by atoms with Gasteiger partial charge in [0.25, 0.3) is 5.91 Å². The number of amides is 3. The lowest BCUT2D eigenvalue weighted by Crippen LogP contribution is -2.51. The zero-order valence-electron chi connectivity index (χ0n) is 19.0. The van der Waals surface area contributed by atoms with Crippen LogP contribution in [0.2, 0.25) is 0 Å². The summed E-state index contributed by atoms with van der Waals surface area (Å²) in [5, 5.41) is 12.1. The molecule has 0 aliphatic carbocycles. The van der Waals surface area contributed by atoms with Crippen molar-refractivity contribution in [1.29, 1.82) is 5.26 Å². The number of nitriles is 1. The second-order valence-electron chi connectivity index (χ2n) is 8.16. The summed E-state index contributed by atoms with van der Waals surface area (Å²) in [6.45, 7) is 4.07. The maximum Gasteiger partial charge on any atom is 0.321 e. The molecule has 0 unspecified atom stereocenters. The van der Waals surface area contributed by atoms with Gasteiger partial charge in [0.15, 0.2) is 0 Å². The summed E-state index contributed by atoms with van der Waals surface area (Å²) in [6, 6.07) is 24.0. The van der Waals surface area contributed by atoms with Gasteiger partial charge in [-0.1, -0.05) is 36.4 Å². The van der Waals surface area contributed by atoms with E-state index in [0.29, 0.717) is 43.1 Å². The molecule has 3 aromatic rings. The molecule has 3 amide bonds. The van der Waals surface area contributed by atoms with Crippen LogP contribution in [0.4, 0.5) is 10.5 Å². The Morgan fingerprint density at radius 2 is 1.68 bits per heavy atom. The van der Waals surface area contributed by atoms with E-state index in [4.69, 9.17) is 4.74 Å². The van der Waals surface area contributed by atoms with E-state index in [0.717, 1.165) is 16.8 Å². The number of benzene rings is 3. The van der Waals surface area contributed by atoms with E-state index in [2.05, 4.69) is 11.4 Å². The van der Waals surface area contributed by atoms with E-state index in [1.165, 1.54) is 0 Å². The fourth-order valence-electron chi connectivity index (χ4n) is 3.86. The van der Waals surface area contributed by atoms with Gasteiger partial charge in [0.2, 0.25) is 0 Å². The largest absolute Gasteiger partial charge is 0.489 e. The van der Waals surface area contributed by atoms with Crippen LogP contribution in [-0.2, 0) is 6.61 Å². The first-order valence-corrected chi connectivity index (χ1v) is 11.2. The van der Waals surface area contributed by atoms with Gasteiger partial charge in [0.05, 0.1) is 11.6 Å². The molecule has 0 aromatic heterocycles. The Balaban J connectivity index is 1.32. The van der Waals surface area contributed by atoms with E-state index in [1.54, 1.807) is 40.1 Å². The maximum atomic E-state index is 13.0. The fourth-order valence-corrected chi connectivity index (χ4v) is 3.86. The first kappa shape index (κ1) is 22.9. The Morgan fingerprint density at radius 3 is 2.44 bits per heavy atom. The summed E-state index contributed by atoms with van der Waals surface area (Å²) in [7, 11) is 0. The molecule has 172 valence electrons. The molecule has 1 fully saturated rings. The highest BCUT2D eigenvalue weighted by molar-refractivity contribution is 5.95. The lowest BCUT2D eigenvalue weighted by atomic mass is 10.1. The van der Waals surface area contributed by atoms with Gasteiger partial charge < -0.3 is 19.9 Å². The Labute approximate surface area is 199 Å². The Kier molecular flexibility index (Phi) is 7.09. The van der Waals surface area contributed by atoms with Crippen molar-refractivity contribution in [3.8, 4) is 11.8 Å². The first-order valence-electron chi connectivity index (χ1n) is 11.2. The topological polar surface area (TPSA) is 85.7 Å². The third-order valence-electron chi connectivity index (χ3n) is 5.74. The minimum atomic E-state index is -0.161. The molecule has 1 aliphatic rings. The first-order chi connectivity index (χ1) is 16.5. The smallest absolute Gasteiger partial charge is 0.321 e. The molecule has 1 saturated heterocycles. The second-order valence-corrected chi connectivity index (χ2v) is 8.16. The Hall–Kier alpha value is -4.31. The van der Waals surface area contributed by atoms with Gasteiger partial charge in [-0.3, -0.25) is 4.79 Å². The minimum absolute atomic E-state index is 0.0957. The van der Waals surface area contributed by atoms with E-state index in [1.807, 2.05) is 49.4 Å². The predicted octanol–water partition coefficient (Wildman–Crippen LogP) is 4.44. The van der Waals surface area contributed by atoms with Crippen LogP contribution in [0.15, 0.2) is 72.8 Å². The number of rotatable bonds is 5. The third kappa shape index (κ3) is 5.54. The zero-order valence-corrected chi connectivity index (χ0v) is 19.0. The fraction of sp³-hybridized carbons (Fsp3) is 0.222. The number of urea groups is 1. The summed E-state index contributed by atoms with van der Waals surface area (Å²) in [5.41, 5.74) is 3.73. The van der Waals surface area contributed by atoms with Crippen molar-refractivity contribution in [3.05, 3.63) is 95.1 Å². The van der Waals surface area contributed by atoms with Crippen molar-refractivity contribution in [2.75, 3.05) is 31.5 Å². The van der Waals surface area contributed by atoms with Gasteiger partial charge in [-0.15, -0.1) is 0 Å². The van der Waals surface area contributed by atoms with Crippen LogP contribution >= 0.6 is 0 Å². The van der Waals surface area contributed by atoms with Crippen molar-refractivity contribution >= 4 is 17.6 Å². The van der Waals surface area contributed by atoms with Gasteiger partial charge >= 0.3 is 6.03 Å². The number of ether oxygens (including phenoxy) is 1. The molecular formula is C27H26N4O3. The number of piperazine rings is 1. The molecule has 0 bridgehead atoms. The summed E-state index contributed by atoms with van der Waals surface area (Å²) >= 11 is 0. The van der Waals surface area contributed by atoms with Gasteiger partial charge in [-0.05, 0) is 48.9 Å². The summed E-state index contributed by atoms with van der Waals surface area (Å²) in [4.78, 5) is 29.1. The molecule has 7 heteroatoms. The van der Waals surface area contributed by atoms with Crippen LogP contribution in [0.1, 0.15) is 27.0 Å². The molecule has 34 heavy (non-hydrogen) atoms. The number of nitrogens with zero attached hydrogens (tertiary/aromatic N) is 3. The van der Waals surface area contributed by atoms with Gasteiger partial charge in [0.1, 0.15) is 12.4 Å². The third-order valence-corrected chi connectivity index (χ3v) is 5.74. The summed E-state index contributed by atoms with van der Waals surface area (Å²) in [6.07, 6.45) is 0. The van der Waals surface area contributed by atoms with Gasteiger partial charge in [0, 0.05) is 43.0 Å². The number of carbonyl (C=O) groups excluding carboxylic acids is 2. The molecule has 0 radical (unpaired) electrons. The van der Waals surface area contributed by atoms with E-state index >= 15 is 0 Å². The number of hydrogen-bond acceptors (Lipinski definition) is 4. The lowest BCUT2D eigenvalue weighted by molar-refractivity contribution is 0.0671. The molecule has 0 saturated carbocycles. The predicted molar refractivity (Wildman–Crippen MR) is 130 cm³/mol. The number of nitrogens with one attached hydrogen (secondary N) is 1. The van der Waals surface area contributed by atoms with Crippen LogP contribution in [0.25, 0.3) is 0 Å². The molecule has 1 heterocycles. The van der Waals surface area contributed by atoms with Crippen molar-refractivity contribution in [2.24, 2.45) is 0 Å². The number of hydrogen-bond donors (Lipinski definition) is 1. The van der Waals surface area contributed by atoms with Crippen LogP contribution in [0, 0.1) is 18.3 Å². The van der Waals surface area contributed by atoms with E-state index < -0.39 is 0 Å². The van der Waals surface area contributed by atoms with Gasteiger partial charge in [-0.25, -0.2) is 4.79 Å². The minimum Gasteiger partial charge on any atom is -0.489 e. The van der Waals surface area contributed by atoms with Crippen molar-refractivity contribution < 1.29 is 14.3 Å². The van der Waals surface area contributed by atoms with Crippen LogP contribution in [-0.4, -0.2) is 47.9 Å². The number of aryl methyl sites for hydroxylation is 1. The van der Waals surface area contributed by atoms with Crippen LogP contribution in [0.3, 0.4) is 0 Å². The van der Waals surface area contributed by atoms with E-state index in [-0.39, 0.29) is 18.5 Å². The second kappa shape index (κ2) is 10.5. The van der Waals surface area contributed by atoms with Crippen molar-refractivity contribution in [3.63, 3.8) is 0 Å². The highest BCUT2D eigenvalue weighted by Gasteiger charge is 2.25. The molecular weight excluding hydrogens is 428 g/mol. The van der Waals surface area contributed by atoms with Crippen molar-refractivity contribution in [2.45, 2.75) is 13.5 Å². The molecule has 0 atom stereocenters. The molecule has 0 spiro atoms. The highest BCUT2D eigenvalue weighted by Crippen LogP contribution is 2.19. The Morgan fingerprint density at radius 1 is 0.941 bits per heavy atom. The van der Waals surface area contributed by atoms with E-state index in [9.17, 15) is 14.9 Å². The molecule has 7 nitrogen and oxygen atoms in total. The highest BCUT2D eigenvalue weighted by atomic mass is 16.5. The SMILES string of the molecule is Cc1cccc(NC(=O)N2CCN(C(=O)c3cccc(OCc4ccccc4C#N)c3)CC2)c1. The monoisotopic (exact) mass is 454 g/mol. The van der Waals surface area contributed by atoms with Crippen LogP contribution in [0.5, 0.6) is 5.75 Å². The van der Waals surface area contributed by atoms with Gasteiger partial charge in [-0.2, -0.15) is 5.26 Å². The number of anilines is 1. The molecule has 1 aliphatic heterocycles. The average molecular weight is 455 g/mol. The van der Waals surface area contributed by atoms with Crippen LogP contribution < -0.4 is 10.1 Å². The summed E-state index contributed by atoms with van der Waals surface area (Å²) in [5.74, 6) is 0.469. The quantitative estimate of drug-likeness (QED) is 0.618. The standard InChI is InChI=1S/C27H26N4O3/c1-20-6-4-10-24(16-20)29-27(33)31-14-12-30(13-15-31)26(32)21-9-5-11-25(17-21)34-19-23-8-3-2-7-22(23)18-28/h2-11,16-17H,12-15,19H2,1H3,(H,29,33). The molecule has 4 rings (SSSR count). The Bertz CT molecular complexity index is 1230. The average Bonchev–Trinajstić information content (AvgIpc) is 2.87. The lowest BCUT2D eigenvalue weighted by Gasteiger charge is -2.34.